The summed E-state index contributed by atoms with van der Waals surface area (Å²) in [6.45, 7) is 0. The number of alkyl halides is 3. The van der Waals surface area contributed by atoms with Gasteiger partial charge in [-0.15, -0.1) is 0 Å². The molecule has 0 heterocycles. The van der Waals surface area contributed by atoms with Crippen molar-refractivity contribution in [3.63, 3.8) is 0 Å². The van der Waals surface area contributed by atoms with Crippen molar-refractivity contribution in [3.05, 3.63) is 0 Å². The molecule has 1 N–H and O–H groups in total. The zero-order valence-corrected chi connectivity index (χ0v) is 8.19. The van der Waals surface area contributed by atoms with Gasteiger partial charge in [0.1, 0.15) is 6.10 Å². The molecule has 1 unspecified atom stereocenters. The highest BCUT2D eigenvalue weighted by Crippen LogP contribution is 2.30. The van der Waals surface area contributed by atoms with E-state index in [9.17, 15) is 13.2 Å². The fraction of sp³-hybridized carbons (Fsp3) is 1.00. The first-order valence-electron chi connectivity index (χ1n) is 5.25. The Hall–Kier alpha value is -0.250. The SMILES string of the molecule is OC(CCC1CCCCC1)C(F)(F)F. The minimum atomic E-state index is -4.44. The minimum absolute atomic E-state index is 0.131. The van der Waals surface area contributed by atoms with Gasteiger partial charge >= 0.3 is 6.18 Å². The van der Waals surface area contributed by atoms with E-state index < -0.39 is 12.3 Å². The third-order valence-electron chi connectivity index (χ3n) is 2.95. The van der Waals surface area contributed by atoms with Gasteiger partial charge in [-0.05, 0) is 18.8 Å². The summed E-state index contributed by atoms with van der Waals surface area (Å²) in [5, 5.41) is 8.79. The molecule has 0 amide bonds. The van der Waals surface area contributed by atoms with Crippen LogP contribution in [0.25, 0.3) is 0 Å². The summed E-state index contributed by atoms with van der Waals surface area (Å²) in [6, 6.07) is 0. The summed E-state index contributed by atoms with van der Waals surface area (Å²) in [5.41, 5.74) is 0. The van der Waals surface area contributed by atoms with E-state index in [2.05, 4.69) is 0 Å². The second-order valence-corrected chi connectivity index (χ2v) is 4.14. The van der Waals surface area contributed by atoms with Gasteiger partial charge in [-0.1, -0.05) is 32.1 Å². The molecular weight excluding hydrogens is 193 g/mol. The summed E-state index contributed by atoms with van der Waals surface area (Å²) >= 11 is 0. The average Bonchev–Trinajstić information content (AvgIpc) is 2.14. The monoisotopic (exact) mass is 210 g/mol. The van der Waals surface area contributed by atoms with E-state index in [1.165, 1.54) is 6.42 Å². The van der Waals surface area contributed by atoms with Gasteiger partial charge < -0.3 is 5.11 Å². The van der Waals surface area contributed by atoms with Crippen LogP contribution in [0.2, 0.25) is 0 Å². The van der Waals surface area contributed by atoms with Crippen molar-refractivity contribution in [2.45, 2.75) is 57.2 Å². The molecule has 0 aliphatic heterocycles. The van der Waals surface area contributed by atoms with Crippen molar-refractivity contribution < 1.29 is 18.3 Å². The summed E-state index contributed by atoms with van der Waals surface area (Å²) in [7, 11) is 0. The number of aliphatic hydroxyl groups is 1. The Bertz CT molecular complexity index is 161. The van der Waals surface area contributed by atoms with E-state index in [1.54, 1.807) is 0 Å². The summed E-state index contributed by atoms with van der Waals surface area (Å²) in [4.78, 5) is 0. The highest BCUT2D eigenvalue weighted by molar-refractivity contribution is 4.71. The van der Waals surface area contributed by atoms with E-state index in [0.717, 1.165) is 25.7 Å². The lowest BCUT2D eigenvalue weighted by Crippen LogP contribution is -2.29. The molecule has 4 heteroatoms. The van der Waals surface area contributed by atoms with E-state index in [0.29, 0.717) is 12.3 Å². The smallest absolute Gasteiger partial charge is 0.384 e. The zero-order valence-electron chi connectivity index (χ0n) is 8.19. The Morgan fingerprint density at radius 3 is 2.21 bits per heavy atom. The molecule has 0 aromatic carbocycles. The van der Waals surface area contributed by atoms with Gasteiger partial charge in [-0.2, -0.15) is 13.2 Å². The lowest BCUT2D eigenvalue weighted by atomic mass is 9.85. The molecule has 1 nitrogen and oxygen atoms in total. The summed E-state index contributed by atoms with van der Waals surface area (Å²) in [6.07, 6.45) is -0.638. The van der Waals surface area contributed by atoms with Gasteiger partial charge in [-0.3, -0.25) is 0 Å². The lowest BCUT2D eigenvalue weighted by molar-refractivity contribution is -0.206. The molecule has 84 valence electrons. The Morgan fingerprint density at radius 2 is 1.71 bits per heavy atom. The quantitative estimate of drug-likeness (QED) is 0.758. The van der Waals surface area contributed by atoms with Crippen LogP contribution in [-0.2, 0) is 0 Å². The Balaban J connectivity index is 2.19. The van der Waals surface area contributed by atoms with Crippen LogP contribution in [0.3, 0.4) is 0 Å². The van der Waals surface area contributed by atoms with Crippen LogP contribution in [0.4, 0.5) is 13.2 Å². The Kier molecular flexibility index (Phi) is 4.23. The molecule has 1 aliphatic rings. The predicted octanol–water partition coefficient (Wildman–Crippen LogP) is 3.27. The van der Waals surface area contributed by atoms with Gasteiger partial charge in [0.2, 0.25) is 0 Å². The fourth-order valence-corrected chi connectivity index (χ4v) is 2.03. The molecular formula is C10H17F3O. The van der Waals surface area contributed by atoms with E-state index in [1.807, 2.05) is 0 Å². The Labute approximate surface area is 82.3 Å². The topological polar surface area (TPSA) is 20.2 Å². The number of halogens is 3. The minimum Gasteiger partial charge on any atom is -0.384 e. The maximum Gasteiger partial charge on any atom is 0.414 e. The predicted molar refractivity (Wildman–Crippen MR) is 47.9 cm³/mol. The molecule has 14 heavy (non-hydrogen) atoms. The van der Waals surface area contributed by atoms with Gasteiger partial charge in [0.25, 0.3) is 0 Å². The molecule has 0 saturated heterocycles. The summed E-state index contributed by atoms with van der Waals surface area (Å²) < 4.78 is 35.9. The van der Waals surface area contributed by atoms with E-state index in [4.69, 9.17) is 5.11 Å². The van der Waals surface area contributed by atoms with Crippen LogP contribution in [0, 0.1) is 5.92 Å². The molecule has 1 rings (SSSR count). The number of hydrogen-bond donors (Lipinski definition) is 1. The molecule has 0 bridgehead atoms. The molecule has 1 saturated carbocycles. The second-order valence-electron chi connectivity index (χ2n) is 4.14. The molecule has 0 aromatic rings. The lowest BCUT2D eigenvalue weighted by Gasteiger charge is -2.23. The summed E-state index contributed by atoms with van der Waals surface area (Å²) in [5.74, 6) is 0.403. The van der Waals surface area contributed by atoms with Crippen LogP contribution in [-0.4, -0.2) is 17.4 Å². The van der Waals surface area contributed by atoms with E-state index in [-0.39, 0.29) is 6.42 Å². The van der Waals surface area contributed by atoms with Crippen molar-refractivity contribution in [1.82, 2.24) is 0 Å². The second kappa shape index (κ2) is 5.01. The standard InChI is InChI=1S/C10H17F3O/c11-10(12,13)9(14)7-6-8-4-2-1-3-5-8/h8-9,14H,1-7H2. The van der Waals surface area contributed by atoms with Gasteiger partial charge in [0, 0.05) is 0 Å². The van der Waals surface area contributed by atoms with Crippen LogP contribution in [0.1, 0.15) is 44.9 Å². The van der Waals surface area contributed by atoms with Gasteiger partial charge in [0.15, 0.2) is 0 Å². The van der Waals surface area contributed by atoms with Crippen molar-refractivity contribution in [1.29, 1.82) is 0 Å². The highest BCUT2D eigenvalue weighted by atomic mass is 19.4. The molecule has 0 spiro atoms. The zero-order chi connectivity index (χ0) is 10.6. The molecule has 1 fully saturated rings. The van der Waals surface area contributed by atoms with Crippen molar-refractivity contribution in [2.24, 2.45) is 5.92 Å². The molecule has 0 aromatic heterocycles. The maximum atomic E-state index is 12.0. The van der Waals surface area contributed by atoms with Crippen LogP contribution in [0.5, 0.6) is 0 Å². The fourth-order valence-electron chi connectivity index (χ4n) is 2.03. The van der Waals surface area contributed by atoms with Crippen molar-refractivity contribution in [2.75, 3.05) is 0 Å². The first-order chi connectivity index (χ1) is 6.50. The van der Waals surface area contributed by atoms with Crippen molar-refractivity contribution in [3.8, 4) is 0 Å². The third-order valence-corrected chi connectivity index (χ3v) is 2.95. The van der Waals surface area contributed by atoms with Gasteiger partial charge in [-0.25, -0.2) is 0 Å². The molecule has 0 radical (unpaired) electrons. The van der Waals surface area contributed by atoms with Crippen LogP contribution in [0.15, 0.2) is 0 Å². The third kappa shape index (κ3) is 3.86. The largest absolute Gasteiger partial charge is 0.414 e. The molecule has 1 aliphatic carbocycles. The van der Waals surface area contributed by atoms with E-state index >= 15 is 0 Å². The van der Waals surface area contributed by atoms with Gasteiger partial charge in [0.05, 0.1) is 0 Å². The Morgan fingerprint density at radius 1 is 1.14 bits per heavy atom. The normalized spacial score (nSPS) is 22.3. The highest BCUT2D eigenvalue weighted by Gasteiger charge is 2.37. The first-order valence-corrected chi connectivity index (χ1v) is 5.25. The van der Waals surface area contributed by atoms with Crippen molar-refractivity contribution >= 4 is 0 Å². The molecule has 1 atom stereocenters. The first kappa shape index (κ1) is 11.8. The number of rotatable bonds is 3. The number of aliphatic hydroxyl groups excluding tert-OH is 1. The average molecular weight is 210 g/mol. The van der Waals surface area contributed by atoms with Crippen LogP contribution < -0.4 is 0 Å². The van der Waals surface area contributed by atoms with Crippen LogP contribution >= 0.6 is 0 Å². The number of hydrogen-bond acceptors (Lipinski definition) is 1. The maximum absolute atomic E-state index is 12.0.